The fraction of sp³-hybridized carbons (Fsp3) is 0.125. The molecule has 8 nitrogen and oxygen atoms in total. The van der Waals surface area contributed by atoms with Crippen molar-refractivity contribution < 1.29 is 14.3 Å². The van der Waals surface area contributed by atoms with Gasteiger partial charge in [0.15, 0.2) is 5.13 Å². The number of amides is 1. The van der Waals surface area contributed by atoms with Gasteiger partial charge in [-0.25, -0.2) is 14.9 Å². The Morgan fingerprint density at radius 1 is 1.03 bits per heavy atom. The highest BCUT2D eigenvalue weighted by molar-refractivity contribution is 7.17. The third-order valence-electron chi connectivity index (χ3n) is 4.80. The molecule has 0 fully saturated rings. The zero-order valence-corrected chi connectivity index (χ0v) is 18.7. The Hall–Kier alpha value is -4.11. The minimum Gasteiger partial charge on any atom is -0.462 e. The summed E-state index contributed by atoms with van der Waals surface area (Å²) in [6.07, 6.45) is 0. The average molecular weight is 461 g/mol. The summed E-state index contributed by atoms with van der Waals surface area (Å²) < 4.78 is 5.03. The van der Waals surface area contributed by atoms with E-state index in [9.17, 15) is 14.4 Å². The molecule has 0 radical (unpaired) electrons. The quantitative estimate of drug-likeness (QED) is 0.415. The van der Waals surface area contributed by atoms with Gasteiger partial charge < -0.3 is 4.74 Å². The highest BCUT2D eigenvalue weighted by Crippen LogP contribution is 2.32. The fourth-order valence-corrected chi connectivity index (χ4v) is 4.21. The van der Waals surface area contributed by atoms with Crippen LogP contribution < -0.4 is 10.9 Å². The molecule has 2 N–H and O–H groups in total. The molecule has 4 aromatic rings. The number of carbonyl (C=O) groups is 2. The Labute approximate surface area is 193 Å². The van der Waals surface area contributed by atoms with Crippen LogP contribution in [0.5, 0.6) is 0 Å². The molecule has 2 aromatic carbocycles. The van der Waals surface area contributed by atoms with Crippen molar-refractivity contribution in [1.29, 1.82) is 0 Å². The van der Waals surface area contributed by atoms with Gasteiger partial charge in [-0.1, -0.05) is 72.0 Å². The second-order valence-electron chi connectivity index (χ2n) is 6.99. The fourth-order valence-electron chi connectivity index (χ4n) is 3.35. The molecule has 0 aliphatic rings. The summed E-state index contributed by atoms with van der Waals surface area (Å²) in [6, 6.07) is 18.4. The Kier molecular flexibility index (Phi) is 6.41. The first-order chi connectivity index (χ1) is 16.0. The number of hydrogen-bond acceptors (Lipinski definition) is 7. The van der Waals surface area contributed by atoms with Crippen molar-refractivity contribution in [2.24, 2.45) is 0 Å². The van der Waals surface area contributed by atoms with E-state index < -0.39 is 17.4 Å². The first kappa shape index (κ1) is 22.1. The summed E-state index contributed by atoms with van der Waals surface area (Å²) in [4.78, 5) is 42.8. The van der Waals surface area contributed by atoms with Gasteiger partial charge in [0.2, 0.25) is 0 Å². The van der Waals surface area contributed by atoms with Crippen molar-refractivity contribution in [3.8, 4) is 22.4 Å². The summed E-state index contributed by atoms with van der Waals surface area (Å²) in [5.74, 6) is -1.16. The molecule has 2 aromatic heterocycles. The van der Waals surface area contributed by atoms with Crippen molar-refractivity contribution in [1.82, 2.24) is 15.2 Å². The van der Waals surface area contributed by atoms with Crippen LogP contribution in [-0.4, -0.2) is 33.7 Å². The van der Waals surface area contributed by atoms with Crippen molar-refractivity contribution in [3.05, 3.63) is 87.2 Å². The van der Waals surface area contributed by atoms with Crippen LogP contribution in [0.2, 0.25) is 0 Å². The number of aromatic amines is 1. The van der Waals surface area contributed by atoms with Crippen LogP contribution in [0, 0.1) is 6.92 Å². The predicted octanol–water partition coefficient (Wildman–Crippen LogP) is 4.30. The summed E-state index contributed by atoms with van der Waals surface area (Å²) in [7, 11) is 0. The summed E-state index contributed by atoms with van der Waals surface area (Å²) in [5.41, 5.74) is 1.99. The maximum atomic E-state index is 13.3. The molecule has 166 valence electrons. The minimum absolute atomic E-state index is 0.0967. The Bertz CT molecular complexity index is 1360. The molecule has 0 saturated heterocycles. The number of nitrogens with one attached hydrogen (secondary N) is 2. The van der Waals surface area contributed by atoms with E-state index >= 15 is 0 Å². The molecule has 4 rings (SSSR count). The SMILES string of the molecule is CCOC(=O)c1sc(NC(=O)c2c(-c3ccccc3)c(-c3ccccc3)n[nH]c2=O)nc1C. The molecule has 0 aliphatic carbocycles. The number of hydrogen-bond donors (Lipinski definition) is 2. The van der Waals surface area contributed by atoms with Crippen molar-refractivity contribution in [2.45, 2.75) is 13.8 Å². The number of nitrogens with zero attached hydrogens (tertiary/aromatic N) is 2. The monoisotopic (exact) mass is 460 g/mol. The highest BCUT2D eigenvalue weighted by Gasteiger charge is 2.25. The third-order valence-corrected chi connectivity index (χ3v) is 5.85. The molecule has 33 heavy (non-hydrogen) atoms. The van der Waals surface area contributed by atoms with Crippen LogP contribution in [0.25, 0.3) is 22.4 Å². The molecule has 0 saturated carbocycles. The van der Waals surface area contributed by atoms with Crippen LogP contribution in [-0.2, 0) is 4.74 Å². The highest BCUT2D eigenvalue weighted by atomic mass is 32.1. The number of anilines is 1. The zero-order valence-electron chi connectivity index (χ0n) is 17.9. The van der Waals surface area contributed by atoms with Gasteiger partial charge in [-0.15, -0.1) is 0 Å². The molecule has 2 heterocycles. The zero-order chi connectivity index (χ0) is 23.4. The van der Waals surface area contributed by atoms with Gasteiger partial charge in [-0.2, -0.15) is 5.10 Å². The molecule has 0 aliphatic heterocycles. The number of ether oxygens (including phenoxy) is 1. The molecule has 0 bridgehead atoms. The van der Waals surface area contributed by atoms with E-state index in [1.165, 1.54) is 0 Å². The van der Waals surface area contributed by atoms with Crippen molar-refractivity contribution in [3.63, 3.8) is 0 Å². The van der Waals surface area contributed by atoms with Gasteiger partial charge >= 0.3 is 5.97 Å². The van der Waals surface area contributed by atoms with Crippen LogP contribution in [0.4, 0.5) is 5.13 Å². The van der Waals surface area contributed by atoms with E-state index in [0.717, 1.165) is 16.9 Å². The number of benzene rings is 2. The van der Waals surface area contributed by atoms with E-state index in [4.69, 9.17) is 4.74 Å². The Morgan fingerprint density at radius 2 is 1.67 bits per heavy atom. The van der Waals surface area contributed by atoms with Crippen LogP contribution in [0.1, 0.15) is 32.6 Å². The van der Waals surface area contributed by atoms with Gasteiger partial charge in [0.1, 0.15) is 10.4 Å². The summed E-state index contributed by atoms with van der Waals surface area (Å²) in [6.45, 7) is 3.59. The summed E-state index contributed by atoms with van der Waals surface area (Å²) in [5, 5.41) is 9.53. The average Bonchev–Trinajstić information content (AvgIpc) is 3.20. The number of thiazole rings is 1. The van der Waals surface area contributed by atoms with E-state index in [1.807, 2.05) is 60.7 Å². The molecular formula is C24H20N4O4S. The van der Waals surface area contributed by atoms with Gasteiger partial charge in [0.05, 0.1) is 18.0 Å². The lowest BCUT2D eigenvalue weighted by Crippen LogP contribution is -2.26. The van der Waals surface area contributed by atoms with Gasteiger partial charge in [0.25, 0.3) is 11.5 Å². The van der Waals surface area contributed by atoms with Crippen molar-refractivity contribution >= 4 is 28.3 Å². The predicted molar refractivity (Wildman–Crippen MR) is 126 cm³/mol. The number of aryl methyl sites for hydroxylation is 1. The normalized spacial score (nSPS) is 10.6. The number of esters is 1. The number of carbonyl (C=O) groups excluding carboxylic acids is 2. The molecule has 0 unspecified atom stereocenters. The second-order valence-corrected chi connectivity index (χ2v) is 7.99. The van der Waals surface area contributed by atoms with Crippen LogP contribution in [0.3, 0.4) is 0 Å². The lowest BCUT2D eigenvalue weighted by atomic mass is 9.95. The topological polar surface area (TPSA) is 114 Å². The number of H-pyrrole nitrogens is 1. The van der Waals surface area contributed by atoms with E-state index in [1.54, 1.807) is 13.8 Å². The lowest BCUT2D eigenvalue weighted by Gasteiger charge is -2.13. The smallest absolute Gasteiger partial charge is 0.350 e. The molecule has 1 amide bonds. The number of rotatable bonds is 6. The number of aromatic nitrogens is 3. The molecule has 9 heteroatoms. The Balaban J connectivity index is 1.81. The largest absolute Gasteiger partial charge is 0.462 e. The van der Waals surface area contributed by atoms with Gasteiger partial charge in [-0.05, 0) is 19.4 Å². The first-order valence-electron chi connectivity index (χ1n) is 10.2. The van der Waals surface area contributed by atoms with E-state index in [2.05, 4.69) is 20.5 Å². The van der Waals surface area contributed by atoms with Gasteiger partial charge in [-0.3, -0.25) is 14.9 Å². The minimum atomic E-state index is -0.654. The molecule has 0 atom stereocenters. The maximum Gasteiger partial charge on any atom is 0.350 e. The van der Waals surface area contributed by atoms with E-state index in [0.29, 0.717) is 27.4 Å². The van der Waals surface area contributed by atoms with E-state index in [-0.39, 0.29) is 17.3 Å². The standard InChI is InChI=1S/C24H20N4O4S/c1-3-32-23(31)20-14(2)25-24(33-20)26-21(29)18-17(15-10-6-4-7-11-15)19(27-28-22(18)30)16-12-8-5-9-13-16/h4-13H,3H2,1-2H3,(H,28,30)(H,25,26,29). The molecular weight excluding hydrogens is 440 g/mol. The summed E-state index contributed by atoms with van der Waals surface area (Å²) >= 11 is 0.993. The Morgan fingerprint density at radius 3 is 2.30 bits per heavy atom. The third kappa shape index (κ3) is 4.58. The lowest BCUT2D eigenvalue weighted by molar-refractivity contribution is 0.0531. The first-order valence-corrected chi connectivity index (χ1v) is 11.0. The van der Waals surface area contributed by atoms with Crippen LogP contribution in [0.15, 0.2) is 65.5 Å². The van der Waals surface area contributed by atoms with Crippen molar-refractivity contribution in [2.75, 3.05) is 11.9 Å². The van der Waals surface area contributed by atoms with Crippen LogP contribution >= 0.6 is 11.3 Å². The second kappa shape index (κ2) is 9.58. The van der Waals surface area contributed by atoms with Gasteiger partial charge in [0, 0.05) is 11.1 Å². The maximum absolute atomic E-state index is 13.3. The molecule has 0 spiro atoms.